The van der Waals surface area contributed by atoms with Gasteiger partial charge < -0.3 is 5.73 Å². The monoisotopic (exact) mass is 279 g/mol. The molecule has 0 aromatic heterocycles. The smallest absolute Gasteiger partial charge is 0.167 e. The molecule has 3 rings (SSSR count). The lowest BCUT2D eigenvalue weighted by atomic mass is 9.80. The topological polar surface area (TPSA) is 43.1 Å². The molecule has 0 saturated heterocycles. The summed E-state index contributed by atoms with van der Waals surface area (Å²) in [6.07, 6.45) is 4.17. The van der Waals surface area contributed by atoms with Crippen molar-refractivity contribution in [1.29, 1.82) is 0 Å². The highest BCUT2D eigenvalue weighted by atomic mass is 16.1. The molecular weight excluding hydrogens is 258 g/mol. The quantitative estimate of drug-likeness (QED) is 0.861. The minimum Gasteiger partial charge on any atom is -0.327 e. The van der Waals surface area contributed by atoms with E-state index in [0.29, 0.717) is 0 Å². The fourth-order valence-corrected chi connectivity index (χ4v) is 3.16. The van der Waals surface area contributed by atoms with E-state index in [0.717, 1.165) is 36.8 Å². The van der Waals surface area contributed by atoms with E-state index in [1.165, 1.54) is 5.56 Å². The average molecular weight is 279 g/mol. The first-order chi connectivity index (χ1) is 10.3. The Morgan fingerprint density at radius 3 is 2.14 bits per heavy atom. The van der Waals surface area contributed by atoms with E-state index >= 15 is 0 Å². The van der Waals surface area contributed by atoms with Crippen LogP contribution < -0.4 is 5.73 Å². The SMILES string of the molecule is NC1CCCCC1C(=O)c1ccc(-c2ccccc2)cc1. The van der Waals surface area contributed by atoms with Crippen LogP contribution in [0.3, 0.4) is 0 Å². The maximum absolute atomic E-state index is 12.6. The van der Waals surface area contributed by atoms with Crippen molar-refractivity contribution in [3.8, 4) is 11.1 Å². The highest BCUT2D eigenvalue weighted by Gasteiger charge is 2.28. The van der Waals surface area contributed by atoms with Crippen LogP contribution in [0.25, 0.3) is 11.1 Å². The Hall–Kier alpha value is -1.93. The van der Waals surface area contributed by atoms with E-state index in [1.54, 1.807) is 0 Å². The second-order valence-corrected chi connectivity index (χ2v) is 5.86. The molecule has 108 valence electrons. The largest absolute Gasteiger partial charge is 0.327 e. The molecule has 0 bridgehead atoms. The minimum absolute atomic E-state index is 0.00123. The van der Waals surface area contributed by atoms with Crippen LogP contribution in [-0.4, -0.2) is 11.8 Å². The molecule has 2 nitrogen and oxygen atoms in total. The predicted octanol–water partition coefficient (Wildman–Crippen LogP) is 4.05. The van der Waals surface area contributed by atoms with Gasteiger partial charge in [-0.25, -0.2) is 0 Å². The predicted molar refractivity (Wildman–Crippen MR) is 86.1 cm³/mol. The molecule has 21 heavy (non-hydrogen) atoms. The molecule has 1 fully saturated rings. The molecule has 2 N–H and O–H groups in total. The second kappa shape index (κ2) is 6.23. The molecule has 0 aliphatic heterocycles. The third-order valence-corrected chi connectivity index (χ3v) is 4.43. The van der Waals surface area contributed by atoms with Gasteiger partial charge in [-0.05, 0) is 24.0 Å². The zero-order chi connectivity index (χ0) is 14.7. The normalized spacial score (nSPS) is 22.0. The second-order valence-electron chi connectivity index (χ2n) is 5.86. The van der Waals surface area contributed by atoms with E-state index in [4.69, 9.17) is 5.73 Å². The van der Waals surface area contributed by atoms with Crippen molar-refractivity contribution in [2.75, 3.05) is 0 Å². The zero-order valence-electron chi connectivity index (χ0n) is 12.2. The van der Waals surface area contributed by atoms with Crippen molar-refractivity contribution in [3.63, 3.8) is 0 Å². The van der Waals surface area contributed by atoms with Crippen molar-refractivity contribution in [2.24, 2.45) is 11.7 Å². The number of ketones is 1. The van der Waals surface area contributed by atoms with Crippen molar-refractivity contribution < 1.29 is 4.79 Å². The summed E-state index contributed by atoms with van der Waals surface area (Å²) < 4.78 is 0. The van der Waals surface area contributed by atoms with E-state index < -0.39 is 0 Å². The van der Waals surface area contributed by atoms with Gasteiger partial charge in [0.1, 0.15) is 0 Å². The maximum atomic E-state index is 12.6. The molecule has 2 unspecified atom stereocenters. The standard InChI is InChI=1S/C19H21NO/c20-18-9-5-4-8-17(18)19(21)16-12-10-15(11-13-16)14-6-2-1-3-7-14/h1-3,6-7,10-13,17-18H,4-5,8-9,20H2. The summed E-state index contributed by atoms with van der Waals surface area (Å²) in [5, 5.41) is 0. The van der Waals surface area contributed by atoms with Gasteiger partial charge >= 0.3 is 0 Å². The Labute approximate surface area is 126 Å². The van der Waals surface area contributed by atoms with Crippen LogP contribution in [0, 0.1) is 5.92 Å². The van der Waals surface area contributed by atoms with E-state index in [-0.39, 0.29) is 17.7 Å². The number of hydrogen-bond acceptors (Lipinski definition) is 2. The van der Waals surface area contributed by atoms with Gasteiger partial charge in [0.05, 0.1) is 0 Å². The van der Waals surface area contributed by atoms with Gasteiger partial charge in [-0.15, -0.1) is 0 Å². The van der Waals surface area contributed by atoms with Crippen LogP contribution in [0.5, 0.6) is 0 Å². The molecule has 1 saturated carbocycles. The summed E-state index contributed by atoms with van der Waals surface area (Å²) >= 11 is 0. The number of rotatable bonds is 3. The van der Waals surface area contributed by atoms with Crippen LogP contribution in [0.4, 0.5) is 0 Å². The van der Waals surface area contributed by atoms with E-state index in [2.05, 4.69) is 12.1 Å². The molecule has 1 aliphatic rings. The van der Waals surface area contributed by atoms with Crippen LogP contribution in [0.1, 0.15) is 36.0 Å². The van der Waals surface area contributed by atoms with Gasteiger partial charge in [-0.2, -0.15) is 0 Å². The summed E-state index contributed by atoms with van der Waals surface area (Å²) in [6, 6.07) is 18.2. The van der Waals surface area contributed by atoms with Crippen molar-refractivity contribution in [3.05, 3.63) is 60.2 Å². The molecule has 0 amide bonds. The molecule has 2 heteroatoms. The Balaban J connectivity index is 1.79. The summed E-state index contributed by atoms with van der Waals surface area (Å²) in [4.78, 5) is 12.6. The van der Waals surface area contributed by atoms with Gasteiger partial charge in [0, 0.05) is 17.5 Å². The number of hydrogen-bond donors (Lipinski definition) is 1. The molecular formula is C19H21NO. The van der Waals surface area contributed by atoms with Crippen molar-refractivity contribution in [1.82, 2.24) is 0 Å². The first kappa shape index (κ1) is 14.0. The zero-order valence-corrected chi connectivity index (χ0v) is 12.2. The summed E-state index contributed by atoms with van der Waals surface area (Å²) in [6.45, 7) is 0. The van der Waals surface area contributed by atoms with Gasteiger partial charge in [0.15, 0.2) is 5.78 Å². The number of Topliss-reactive ketones (excluding diaryl/α,β-unsaturated/α-hetero) is 1. The number of benzene rings is 2. The Morgan fingerprint density at radius 2 is 1.48 bits per heavy atom. The Morgan fingerprint density at radius 1 is 0.857 bits per heavy atom. The summed E-state index contributed by atoms with van der Waals surface area (Å²) in [5.74, 6) is 0.211. The first-order valence-corrected chi connectivity index (χ1v) is 7.71. The van der Waals surface area contributed by atoms with Crippen molar-refractivity contribution in [2.45, 2.75) is 31.7 Å². The fourth-order valence-electron chi connectivity index (χ4n) is 3.16. The highest BCUT2D eigenvalue weighted by molar-refractivity contribution is 5.98. The third kappa shape index (κ3) is 3.06. The number of carbonyl (C=O) groups excluding carboxylic acids is 1. The summed E-state index contributed by atoms with van der Waals surface area (Å²) in [7, 11) is 0. The minimum atomic E-state index is 0.00123. The van der Waals surface area contributed by atoms with Crippen LogP contribution in [-0.2, 0) is 0 Å². The molecule has 2 aromatic carbocycles. The third-order valence-electron chi connectivity index (χ3n) is 4.43. The Kier molecular flexibility index (Phi) is 4.16. The lowest BCUT2D eigenvalue weighted by Crippen LogP contribution is -2.38. The van der Waals surface area contributed by atoms with Crippen LogP contribution >= 0.6 is 0 Å². The van der Waals surface area contributed by atoms with Gasteiger partial charge in [-0.1, -0.05) is 67.4 Å². The maximum Gasteiger partial charge on any atom is 0.167 e. The lowest BCUT2D eigenvalue weighted by molar-refractivity contribution is 0.0871. The van der Waals surface area contributed by atoms with Gasteiger partial charge in [-0.3, -0.25) is 4.79 Å². The van der Waals surface area contributed by atoms with Gasteiger partial charge in [0.2, 0.25) is 0 Å². The van der Waals surface area contributed by atoms with Gasteiger partial charge in [0.25, 0.3) is 0 Å². The molecule has 0 spiro atoms. The Bertz CT molecular complexity index is 603. The lowest BCUT2D eigenvalue weighted by Gasteiger charge is -2.27. The molecule has 0 heterocycles. The fraction of sp³-hybridized carbons (Fsp3) is 0.316. The van der Waals surface area contributed by atoms with Crippen LogP contribution in [0.2, 0.25) is 0 Å². The van der Waals surface area contributed by atoms with Crippen LogP contribution in [0.15, 0.2) is 54.6 Å². The highest BCUT2D eigenvalue weighted by Crippen LogP contribution is 2.27. The molecule has 1 aliphatic carbocycles. The van der Waals surface area contributed by atoms with E-state index in [1.807, 2.05) is 42.5 Å². The van der Waals surface area contributed by atoms with E-state index in [9.17, 15) is 4.79 Å². The molecule has 0 radical (unpaired) electrons. The number of carbonyl (C=O) groups is 1. The molecule has 2 aromatic rings. The number of nitrogens with two attached hydrogens (primary N) is 1. The van der Waals surface area contributed by atoms with Crippen molar-refractivity contribution >= 4 is 5.78 Å². The average Bonchev–Trinajstić information content (AvgIpc) is 2.56. The summed E-state index contributed by atoms with van der Waals surface area (Å²) in [5.41, 5.74) is 9.22. The first-order valence-electron chi connectivity index (χ1n) is 7.71. The molecule has 2 atom stereocenters.